The van der Waals surface area contributed by atoms with E-state index < -0.39 is 39.1 Å². The van der Waals surface area contributed by atoms with Gasteiger partial charge in [0.25, 0.3) is 5.56 Å². The van der Waals surface area contributed by atoms with Crippen LogP contribution in [0.4, 0.5) is 36.3 Å². The number of nitriles is 1. The maximum absolute atomic E-state index is 15.2. The van der Waals surface area contributed by atoms with Crippen LogP contribution in [0.5, 0.6) is 11.5 Å². The summed E-state index contributed by atoms with van der Waals surface area (Å²) in [5.74, 6) is -1.09. The van der Waals surface area contributed by atoms with E-state index in [1.165, 1.54) is 29.1 Å². The van der Waals surface area contributed by atoms with E-state index in [1.807, 2.05) is 36.4 Å². The number of piperidine rings is 1. The van der Waals surface area contributed by atoms with Gasteiger partial charge >= 0.3 is 16.2 Å². The molecular weight excluding hydrogens is 847 g/mol. The molecule has 1 aromatic heterocycles. The largest absolute Gasteiger partial charge is 0.453 e. The standard InChI is InChI=1S/C45H46F2N10O6S/c46-31-15-19-55(28-31)64(61,62)51-41-12-10-39(47)43(38(41)26-48)63-36-9-11-40-37(25-36)44(59)57(29-49-40)35-7-3-33(4-8-35)54-23-21-52(22-24-54)27-30-13-17-53(18-14-30)32-1-5-34(6-2-32)56-20-16-42(58)50-45(56)60/h1-12,25,29-31,51H,13-24,27-28H2,(H,50,58,60)/t31-/m1/s1. The van der Waals surface area contributed by atoms with Crippen LogP contribution < -0.4 is 35.0 Å². The molecule has 4 fully saturated rings. The van der Waals surface area contributed by atoms with Crippen LogP contribution in [0.3, 0.4) is 0 Å². The van der Waals surface area contributed by atoms with Crippen molar-refractivity contribution < 1.29 is 31.5 Å². The van der Waals surface area contributed by atoms with Gasteiger partial charge < -0.3 is 14.5 Å². The van der Waals surface area contributed by atoms with E-state index in [9.17, 15) is 32.5 Å². The lowest BCUT2D eigenvalue weighted by Crippen LogP contribution is -2.49. The number of aromatic nitrogens is 2. The summed E-state index contributed by atoms with van der Waals surface area (Å²) < 4.78 is 65.1. The summed E-state index contributed by atoms with van der Waals surface area (Å²) in [6.07, 6.45) is 2.67. The predicted octanol–water partition coefficient (Wildman–Crippen LogP) is 5.37. The van der Waals surface area contributed by atoms with Crippen molar-refractivity contribution in [1.82, 2.24) is 24.1 Å². The molecule has 9 rings (SSSR count). The van der Waals surface area contributed by atoms with Crippen molar-refractivity contribution >= 4 is 55.8 Å². The number of rotatable bonds is 11. The summed E-state index contributed by atoms with van der Waals surface area (Å²) >= 11 is 0. The summed E-state index contributed by atoms with van der Waals surface area (Å²) in [4.78, 5) is 50.9. The number of piperazine rings is 1. The number of urea groups is 1. The van der Waals surface area contributed by atoms with Gasteiger partial charge in [0.1, 0.15) is 29.9 Å². The van der Waals surface area contributed by atoms with Crippen LogP contribution in [0.1, 0.15) is 31.2 Å². The molecule has 0 aliphatic carbocycles. The van der Waals surface area contributed by atoms with Gasteiger partial charge in [0.2, 0.25) is 5.91 Å². The van der Waals surface area contributed by atoms with Crippen molar-refractivity contribution in [2.45, 2.75) is 31.9 Å². The maximum atomic E-state index is 15.2. The number of alkyl halides is 1. The number of benzene rings is 4. The van der Waals surface area contributed by atoms with E-state index in [1.54, 1.807) is 11.0 Å². The average molecular weight is 893 g/mol. The minimum Gasteiger partial charge on any atom is -0.453 e. The third kappa shape index (κ3) is 8.94. The average Bonchev–Trinajstić information content (AvgIpc) is 3.76. The van der Waals surface area contributed by atoms with Gasteiger partial charge in [-0.05, 0) is 104 Å². The molecule has 64 heavy (non-hydrogen) atoms. The smallest absolute Gasteiger partial charge is 0.328 e. The molecule has 0 saturated carbocycles. The normalized spacial score (nSPS) is 19.2. The first-order valence-electron chi connectivity index (χ1n) is 21.3. The van der Waals surface area contributed by atoms with Gasteiger partial charge in [0.05, 0.1) is 22.3 Å². The molecule has 5 aromatic rings. The van der Waals surface area contributed by atoms with Crippen molar-refractivity contribution in [3.8, 4) is 23.3 Å². The number of halogens is 2. The Hall–Kier alpha value is -6.62. The highest BCUT2D eigenvalue weighted by Gasteiger charge is 2.33. The molecule has 0 radical (unpaired) electrons. The number of ether oxygens (including phenoxy) is 1. The van der Waals surface area contributed by atoms with E-state index in [4.69, 9.17) is 4.74 Å². The van der Waals surface area contributed by atoms with Gasteiger partial charge in [0, 0.05) is 88.9 Å². The number of hydrogen-bond acceptors (Lipinski definition) is 11. The van der Waals surface area contributed by atoms with Gasteiger partial charge in [-0.3, -0.25) is 34.0 Å². The molecule has 5 heterocycles. The lowest BCUT2D eigenvalue weighted by atomic mass is 9.95. The van der Waals surface area contributed by atoms with Crippen molar-refractivity contribution in [3.63, 3.8) is 0 Å². The van der Waals surface area contributed by atoms with Crippen molar-refractivity contribution in [2.75, 3.05) is 84.9 Å². The molecule has 0 bridgehead atoms. The molecule has 16 nitrogen and oxygen atoms in total. The molecule has 4 saturated heterocycles. The van der Waals surface area contributed by atoms with Crippen LogP contribution in [-0.2, 0) is 15.0 Å². The number of anilines is 4. The Morgan fingerprint density at radius 3 is 2.14 bits per heavy atom. The van der Waals surface area contributed by atoms with E-state index in [0.29, 0.717) is 30.1 Å². The molecule has 1 atom stereocenters. The van der Waals surface area contributed by atoms with Crippen LogP contribution in [0.25, 0.3) is 16.6 Å². The Bertz CT molecular complexity index is 2790. The van der Waals surface area contributed by atoms with Crippen molar-refractivity contribution in [1.29, 1.82) is 5.26 Å². The van der Waals surface area contributed by atoms with Crippen LogP contribution >= 0.6 is 0 Å². The molecule has 4 aliphatic rings. The topological polar surface area (TPSA) is 176 Å². The van der Waals surface area contributed by atoms with Crippen LogP contribution in [0.15, 0.2) is 90.0 Å². The van der Waals surface area contributed by atoms with E-state index >= 15 is 4.39 Å². The lowest BCUT2D eigenvalue weighted by molar-refractivity contribution is -0.120. The molecule has 0 spiro atoms. The summed E-state index contributed by atoms with van der Waals surface area (Å²) in [6, 6.07) is 23.6. The fourth-order valence-corrected chi connectivity index (χ4v) is 10.1. The highest BCUT2D eigenvalue weighted by atomic mass is 32.2. The first-order chi connectivity index (χ1) is 30.9. The summed E-state index contributed by atoms with van der Waals surface area (Å²) in [6.45, 7) is 6.63. The fraction of sp³-hybridized carbons (Fsp3) is 0.356. The van der Waals surface area contributed by atoms with E-state index in [0.717, 1.165) is 92.2 Å². The number of carbonyl (C=O) groups is 2. The number of nitrogens with one attached hydrogen (secondary N) is 2. The summed E-state index contributed by atoms with van der Waals surface area (Å²) in [7, 11) is -4.23. The zero-order valence-electron chi connectivity index (χ0n) is 34.8. The number of imide groups is 1. The van der Waals surface area contributed by atoms with Crippen LogP contribution in [-0.4, -0.2) is 111 Å². The third-order valence-corrected chi connectivity index (χ3v) is 13.9. The van der Waals surface area contributed by atoms with Gasteiger partial charge in [-0.1, -0.05) is 0 Å². The van der Waals surface area contributed by atoms with Crippen molar-refractivity contribution in [3.05, 3.63) is 107 Å². The molecule has 2 N–H and O–H groups in total. The zero-order chi connectivity index (χ0) is 44.5. The fourth-order valence-electron chi connectivity index (χ4n) is 8.83. The number of hydrogen-bond donors (Lipinski definition) is 2. The second kappa shape index (κ2) is 17.9. The Morgan fingerprint density at radius 1 is 0.812 bits per heavy atom. The molecule has 0 unspecified atom stereocenters. The van der Waals surface area contributed by atoms with Gasteiger partial charge in [-0.25, -0.2) is 18.6 Å². The monoisotopic (exact) mass is 892 g/mol. The molecular formula is C45H46F2N10O6S. The molecule has 332 valence electrons. The molecule has 19 heteroatoms. The Kier molecular flexibility index (Phi) is 11.9. The SMILES string of the molecule is N#Cc1c(NS(=O)(=O)N2CC[C@@H](F)C2)ccc(F)c1Oc1ccc2ncn(-c3ccc(N4CCN(CC5CCN(c6ccc(N7CCC(=O)NC7=O)cc6)CC5)CC4)cc3)c(=O)c2c1. The molecule has 4 aromatic carbocycles. The number of amides is 3. The second-order valence-electron chi connectivity index (χ2n) is 16.5. The maximum Gasteiger partial charge on any atom is 0.328 e. The first kappa shape index (κ1) is 42.7. The third-order valence-electron chi connectivity index (χ3n) is 12.4. The number of nitrogens with zero attached hydrogens (tertiary/aromatic N) is 8. The molecule has 3 amide bonds. The highest BCUT2D eigenvalue weighted by Crippen LogP contribution is 2.35. The summed E-state index contributed by atoms with van der Waals surface area (Å²) in [5.41, 5.74) is 2.86. The second-order valence-corrected chi connectivity index (χ2v) is 18.1. The summed E-state index contributed by atoms with van der Waals surface area (Å²) in [5, 5.41) is 12.5. The van der Waals surface area contributed by atoms with E-state index in [2.05, 4.69) is 41.9 Å². The number of carbonyl (C=O) groups excluding carboxylic acids is 2. The van der Waals surface area contributed by atoms with E-state index in [-0.39, 0.29) is 48.3 Å². The minimum absolute atomic E-state index is 0.0219. The Morgan fingerprint density at radius 2 is 1.48 bits per heavy atom. The van der Waals surface area contributed by atoms with Crippen molar-refractivity contribution in [2.24, 2.45) is 5.92 Å². The number of fused-ring (bicyclic) bond motifs is 1. The minimum atomic E-state index is -4.23. The lowest BCUT2D eigenvalue weighted by Gasteiger charge is -2.40. The van der Waals surface area contributed by atoms with Gasteiger partial charge in [-0.2, -0.15) is 18.0 Å². The zero-order valence-corrected chi connectivity index (χ0v) is 35.6. The quantitative estimate of drug-likeness (QED) is 0.174. The first-order valence-corrected chi connectivity index (χ1v) is 22.7. The molecule has 4 aliphatic heterocycles. The Labute approximate surface area is 368 Å². The van der Waals surface area contributed by atoms with Crippen LogP contribution in [0.2, 0.25) is 0 Å². The van der Waals surface area contributed by atoms with Gasteiger partial charge in [-0.15, -0.1) is 0 Å². The Balaban J connectivity index is 0.795. The predicted molar refractivity (Wildman–Crippen MR) is 238 cm³/mol. The van der Waals surface area contributed by atoms with Crippen LogP contribution in [0, 0.1) is 23.1 Å². The van der Waals surface area contributed by atoms with Gasteiger partial charge in [0.15, 0.2) is 11.6 Å². The highest BCUT2D eigenvalue weighted by molar-refractivity contribution is 7.90.